The molecule has 2 aromatic rings. The zero-order valence-electron chi connectivity index (χ0n) is 9.99. The number of hydrogen-bond donors (Lipinski definition) is 1. The highest BCUT2D eigenvalue weighted by Crippen LogP contribution is 2.28. The summed E-state index contributed by atoms with van der Waals surface area (Å²) in [6, 6.07) is 5.86. The highest BCUT2D eigenvalue weighted by molar-refractivity contribution is 7.09. The highest BCUT2D eigenvalue weighted by Gasteiger charge is 2.13. The molecule has 0 aliphatic carbocycles. The van der Waals surface area contributed by atoms with Gasteiger partial charge in [0.25, 0.3) is 0 Å². The van der Waals surface area contributed by atoms with Crippen LogP contribution in [0.25, 0.3) is 0 Å². The molecule has 0 amide bonds. The zero-order chi connectivity index (χ0) is 13.0. The average molecular weight is 301 g/mol. The van der Waals surface area contributed by atoms with Gasteiger partial charge >= 0.3 is 0 Å². The fraction of sp³-hybridized carbons (Fsp3) is 0.308. The molecule has 96 valence electrons. The Kier molecular flexibility index (Phi) is 5.01. The molecular formula is C13H14Cl2N2S. The third kappa shape index (κ3) is 3.45. The van der Waals surface area contributed by atoms with Crippen molar-refractivity contribution in [1.82, 2.24) is 10.3 Å². The molecule has 0 aliphatic rings. The van der Waals surface area contributed by atoms with E-state index in [9.17, 15) is 0 Å². The molecule has 0 spiro atoms. The van der Waals surface area contributed by atoms with Gasteiger partial charge in [-0.15, -0.1) is 11.3 Å². The van der Waals surface area contributed by atoms with Crippen molar-refractivity contribution in [2.24, 2.45) is 0 Å². The van der Waals surface area contributed by atoms with Gasteiger partial charge in [0, 0.05) is 34.2 Å². The van der Waals surface area contributed by atoms with Crippen molar-refractivity contribution in [3.63, 3.8) is 0 Å². The maximum Gasteiger partial charge on any atom is 0.106 e. The summed E-state index contributed by atoms with van der Waals surface area (Å²) >= 11 is 13.8. The Bertz CT molecular complexity index is 500. The molecular weight excluding hydrogens is 287 g/mol. The van der Waals surface area contributed by atoms with Crippen LogP contribution in [-0.4, -0.2) is 4.98 Å². The van der Waals surface area contributed by atoms with Gasteiger partial charge in [0.15, 0.2) is 0 Å². The van der Waals surface area contributed by atoms with Crippen molar-refractivity contribution in [3.8, 4) is 0 Å². The van der Waals surface area contributed by atoms with Gasteiger partial charge in [0.05, 0.1) is 0 Å². The first-order valence-electron chi connectivity index (χ1n) is 5.77. The molecule has 1 atom stereocenters. The van der Waals surface area contributed by atoms with Crippen molar-refractivity contribution in [3.05, 3.63) is 50.4 Å². The quantitative estimate of drug-likeness (QED) is 0.866. The van der Waals surface area contributed by atoms with E-state index >= 15 is 0 Å². The lowest BCUT2D eigenvalue weighted by atomic mass is 10.0. The van der Waals surface area contributed by atoms with E-state index in [2.05, 4.69) is 17.2 Å². The summed E-state index contributed by atoms with van der Waals surface area (Å²) in [6.07, 6.45) is 2.78. The molecule has 0 fully saturated rings. The highest BCUT2D eigenvalue weighted by atomic mass is 35.5. The van der Waals surface area contributed by atoms with Crippen molar-refractivity contribution >= 4 is 34.5 Å². The molecule has 1 aromatic carbocycles. The smallest absolute Gasteiger partial charge is 0.106 e. The van der Waals surface area contributed by atoms with Crippen LogP contribution < -0.4 is 5.32 Å². The Hall–Kier alpha value is -0.610. The van der Waals surface area contributed by atoms with E-state index in [1.54, 1.807) is 17.4 Å². The number of nitrogens with one attached hydrogen (secondary N) is 1. The summed E-state index contributed by atoms with van der Waals surface area (Å²) in [5.41, 5.74) is 1.08. The topological polar surface area (TPSA) is 24.9 Å². The Morgan fingerprint density at radius 2 is 2.22 bits per heavy atom. The Morgan fingerprint density at radius 1 is 1.39 bits per heavy atom. The minimum absolute atomic E-state index is 0.221. The maximum absolute atomic E-state index is 6.23. The fourth-order valence-electron chi connectivity index (χ4n) is 1.81. The Labute approximate surface area is 121 Å². The van der Waals surface area contributed by atoms with Crippen molar-refractivity contribution < 1.29 is 0 Å². The van der Waals surface area contributed by atoms with Crippen LogP contribution in [0.5, 0.6) is 0 Å². The standard InChI is InChI=1S/C13H14Cl2N2S/c1-2-12(17-8-13-16-5-6-18-13)10-4-3-9(14)7-11(10)15/h3-7,12,17H,2,8H2,1H3. The SMILES string of the molecule is CCC(NCc1nccs1)c1ccc(Cl)cc1Cl. The summed E-state index contributed by atoms with van der Waals surface area (Å²) < 4.78 is 0. The average Bonchev–Trinajstić information content (AvgIpc) is 2.85. The van der Waals surface area contributed by atoms with Crippen LogP contribution >= 0.6 is 34.5 Å². The Balaban J connectivity index is 2.08. The summed E-state index contributed by atoms with van der Waals surface area (Å²) in [6.45, 7) is 2.89. The molecule has 2 nitrogen and oxygen atoms in total. The van der Waals surface area contributed by atoms with E-state index in [4.69, 9.17) is 23.2 Å². The van der Waals surface area contributed by atoms with Crippen molar-refractivity contribution in [1.29, 1.82) is 0 Å². The van der Waals surface area contributed by atoms with E-state index in [1.807, 2.05) is 23.7 Å². The minimum Gasteiger partial charge on any atom is -0.304 e. The molecule has 2 rings (SSSR count). The van der Waals surface area contributed by atoms with Gasteiger partial charge in [0.1, 0.15) is 5.01 Å². The van der Waals surface area contributed by atoms with E-state index in [0.29, 0.717) is 10.0 Å². The lowest BCUT2D eigenvalue weighted by Gasteiger charge is -2.18. The number of rotatable bonds is 5. The molecule has 0 aliphatic heterocycles. The van der Waals surface area contributed by atoms with E-state index in [-0.39, 0.29) is 6.04 Å². The molecule has 5 heteroatoms. The van der Waals surface area contributed by atoms with Gasteiger partial charge in [0.2, 0.25) is 0 Å². The van der Waals surface area contributed by atoms with Gasteiger partial charge in [-0.2, -0.15) is 0 Å². The number of hydrogen-bond acceptors (Lipinski definition) is 3. The molecule has 1 aromatic heterocycles. The molecule has 0 bridgehead atoms. The Morgan fingerprint density at radius 3 is 2.83 bits per heavy atom. The predicted molar refractivity (Wildman–Crippen MR) is 78.4 cm³/mol. The maximum atomic E-state index is 6.23. The normalized spacial score (nSPS) is 12.6. The predicted octanol–water partition coefficient (Wildman–Crippen LogP) is 4.69. The molecule has 0 saturated carbocycles. The van der Waals surface area contributed by atoms with Crippen LogP contribution in [0.15, 0.2) is 29.8 Å². The number of aromatic nitrogens is 1. The van der Waals surface area contributed by atoms with Crippen LogP contribution in [0.3, 0.4) is 0 Å². The number of thiazole rings is 1. The largest absolute Gasteiger partial charge is 0.304 e. The zero-order valence-corrected chi connectivity index (χ0v) is 12.3. The lowest BCUT2D eigenvalue weighted by Crippen LogP contribution is -2.20. The van der Waals surface area contributed by atoms with Crippen LogP contribution in [0.1, 0.15) is 30.0 Å². The van der Waals surface area contributed by atoms with Gasteiger partial charge in [-0.25, -0.2) is 4.98 Å². The second-order valence-electron chi connectivity index (χ2n) is 3.93. The van der Waals surface area contributed by atoms with Crippen molar-refractivity contribution in [2.45, 2.75) is 25.9 Å². The molecule has 1 unspecified atom stereocenters. The van der Waals surface area contributed by atoms with E-state index in [0.717, 1.165) is 23.5 Å². The molecule has 18 heavy (non-hydrogen) atoms. The van der Waals surface area contributed by atoms with Gasteiger partial charge < -0.3 is 5.32 Å². The van der Waals surface area contributed by atoms with Crippen LogP contribution in [0.2, 0.25) is 10.0 Å². The second kappa shape index (κ2) is 6.53. The first kappa shape index (κ1) is 13.8. The third-order valence-corrected chi connectivity index (χ3v) is 4.07. The summed E-state index contributed by atoms with van der Waals surface area (Å²) in [5.74, 6) is 0. The summed E-state index contributed by atoms with van der Waals surface area (Å²) in [4.78, 5) is 4.25. The monoisotopic (exact) mass is 300 g/mol. The lowest BCUT2D eigenvalue weighted by molar-refractivity contribution is 0.518. The van der Waals surface area contributed by atoms with Crippen LogP contribution in [0, 0.1) is 0 Å². The van der Waals surface area contributed by atoms with E-state index in [1.165, 1.54) is 0 Å². The fourth-order valence-corrected chi connectivity index (χ4v) is 2.92. The third-order valence-electron chi connectivity index (χ3n) is 2.73. The van der Waals surface area contributed by atoms with E-state index < -0.39 is 0 Å². The minimum atomic E-state index is 0.221. The first-order valence-corrected chi connectivity index (χ1v) is 7.41. The number of nitrogens with zero attached hydrogens (tertiary/aromatic N) is 1. The van der Waals surface area contributed by atoms with Crippen molar-refractivity contribution in [2.75, 3.05) is 0 Å². The number of benzene rings is 1. The first-order chi connectivity index (χ1) is 8.70. The van der Waals surface area contributed by atoms with Crippen LogP contribution in [-0.2, 0) is 6.54 Å². The van der Waals surface area contributed by atoms with Gasteiger partial charge in [-0.05, 0) is 24.1 Å². The molecule has 0 radical (unpaired) electrons. The van der Waals surface area contributed by atoms with Crippen LogP contribution in [0.4, 0.5) is 0 Å². The molecule has 0 saturated heterocycles. The second-order valence-corrected chi connectivity index (χ2v) is 5.76. The summed E-state index contributed by atoms with van der Waals surface area (Å²) in [5, 5.41) is 7.90. The molecule has 1 heterocycles. The van der Waals surface area contributed by atoms with Gasteiger partial charge in [-0.1, -0.05) is 36.2 Å². The molecule has 1 N–H and O–H groups in total. The summed E-state index contributed by atoms with van der Waals surface area (Å²) in [7, 11) is 0. The van der Waals surface area contributed by atoms with Gasteiger partial charge in [-0.3, -0.25) is 0 Å². The number of halogens is 2.